The van der Waals surface area contributed by atoms with Gasteiger partial charge < -0.3 is 9.84 Å². The number of hydrogen-bond acceptors (Lipinski definition) is 3. The fourth-order valence-corrected chi connectivity index (χ4v) is 1.77. The van der Waals surface area contributed by atoms with E-state index < -0.39 is 11.7 Å². The van der Waals surface area contributed by atoms with Gasteiger partial charge in [0.1, 0.15) is 5.82 Å². The van der Waals surface area contributed by atoms with Crippen LogP contribution in [0.4, 0.5) is 4.39 Å². The van der Waals surface area contributed by atoms with E-state index >= 15 is 0 Å². The minimum atomic E-state index is -0.573. The highest BCUT2D eigenvalue weighted by Crippen LogP contribution is 2.15. The molecule has 2 aromatic rings. The lowest BCUT2D eigenvalue weighted by molar-refractivity contribution is 0.0943. The number of rotatable bonds is 3. The van der Waals surface area contributed by atoms with Crippen LogP contribution in [0.5, 0.6) is 0 Å². The third kappa shape index (κ3) is 2.95. The van der Waals surface area contributed by atoms with Gasteiger partial charge in [0.15, 0.2) is 5.76 Å². The number of benzene rings is 1. The predicted octanol–water partition coefficient (Wildman–Crippen LogP) is 2.81. The van der Waals surface area contributed by atoms with Gasteiger partial charge in [-0.1, -0.05) is 21.1 Å². The van der Waals surface area contributed by atoms with Crippen LogP contribution < -0.4 is 5.32 Å². The number of nitrogens with zero attached hydrogens (tertiary/aromatic N) is 1. The minimum absolute atomic E-state index is 0.00515. The van der Waals surface area contributed by atoms with Gasteiger partial charge in [0.05, 0.1) is 17.8 Å². The summed E-state index contributed by atoms with van der Waals surface area (Å²) in [6.45, 7) is 1.96. The third-order valence-corrected chi connectivity index (χ3v) is 2.77. The van der Waals surface area contributed by atoms with Gasteiger partial charge in [0.2, 0.25) is 0 Å². The third-order valence-electron chi connectivity index (χ3n) is 2.28. The first-order chi connectivity index (χ1) is 8.56. The predicted molar refractivity (Wildman–Crippen MR) is 66.5 cm³/mol. The van der Waals surface area contributed by atoms with Crippen LogP contribution in [0.25, 0.3) is 0 Å². The smallest absolute Gasteiger partial charge is 0.254 e. The van der Waals surface area contributed by atoms with E-state index in [4.69, 9.17) is 4.52 Å². The molecule has 2 rings (SSSR count). The van der Waals surface area contributed by atoms with Gasteiger partial charge in [-0.25, -0.2) is 4.39 Å². The van der Waals surface area contributed by atoms with Gasteiger partial charge in [0.25, 0.3) is 5.91 Å². The van der Waals surface area contributed by atoms with Crippen LogP contribution in [0.1, 0.15) is 21.8 Å². The topological polar surface area (TPSA) is 55.1 Å². The Bertz CT molecular complexity index is 583. The van der Waals surface area contributed by atoms with E-state index in [0.29, 0.717) is 10.2 Å². The van der Waals surface area contributed by atoms with Crippen LogP contribution in [-0.4, -0.2) is 11.1 Å². The molecule has 0 aliphatic carbocycles. The highest BCUT2D eigenvalue weighted by Gasteiger charge is 2.12. The lowest BCUT2D eigenvalue weighted by atomic mass is 10.2. The Morgan fingerprint density at radius 3 is 2.89 bits per heavy atom. The Balaban J connectivity index is 2.03. The van der Waals surface area contributed by atoms with Crippen LogP contribution in [-0.2, 0) is 6.54 Å². The molecule has 0 aliphatic heterocycles. The normalized spacial score (nSPS) is 10.4. The van der Waals surface area contributed by atoms with Crippen LogP contribution >= 0.6 is 15.9 Å². The number of carbonyl (C=O) groups is 1. The number of nitrogens with one attached hydrogen (secondary N) is 1. The van der Waals surface area contributed by atoms with E-state index in [0.717, 1.165) is 5.69 Å². The number of hydrogen-bond donors (Lipinski definition) is 1. The van der Waals surface area contributed by atoms with Gasteiger partial charge in [-0.2, -0.15) is 0 Å². The maximum Gasteiger partial charge on any atom is 0.254 e. The van der Waals surface area contributed by atoms with Crippen molar-refractivity contribution < 1.29 is 13.7 Å². The molecule has 6 heteroatoms. The van der Waals surface area contributed by atoms with Crippen molar-refractivity contribution in [3.05, 3.63) is 51.6 Å². The van der Waals surface area contributed by atoms with Gasteiger partial charge in [0, 0.05) is 10.5 Å². The molecule has 0 saturated heterocycles. The first-order valence-electron chi connectivity index (χ1n) is 5.21. The summed E-state index contributed by atoms with van der Waals surface area (Å²) < 4.78 is 19.0. The maximum atomic E-state index is 13.5. The molecular formula is C12H10BrFN2O2. The SMILES string of the molecule is Cc1cc(CNC(=O)c2ccc(Br)cc2F)on1. The molecule has 1 aromatic heterocycles. The maximum absolute atomic E-state index is 13.5. The van der Waals surface area contributed by atoms with Crippen molar-refractivity contribution in [1.82, 2.24) is 10.5 Å². The molecule has 0 spiro atoms. The summed E-state index contributed by atoms with van der Waals surface area (Å²) in [6.07, 6.45) is 0. The second-order valence-corrected chi connectivity index (χ2v) is 4.66. The largest absolute Gasteiger partial charge is 0.359 e. The number of amides is 1. The second-order valence-electron chi connectivity index (χ2n) is 3.74. The van der Waals surface area contributed by atoms with E-state index in [1.54, 1.807) is 19.1 Å². The quantitative estimate of drug-likeness (QED) is 0.948. The fourth-order valence-electron chi connectivity index (χ4n) is 1.44. The number of aryl methyl sites for hydroxylation is 1. The zero-order chi connectivity index (χ0) is 13.1. The highest BCUT2D eigenvalue weighted by atomic mass is 79.9. The standard InChI is InChI=1S/C12H10BrFN2O2/c1-7-4-9(18-16-7)6-15-12(17)10-3-2-8(13)5-11(10)14/h2-5H,6H2,1H3,(H,15,17). The van der Waals surface area contributed by atoms with E-state index in [1.807, 2.05) is 0 Å². The number of aromatic nitrogens is 1. The summed E-state index contributed by atoms with van der Waals surface area (Å²) >= 11 is 3.13. The number of halogens is 2. The van der Waals surface area contributed by atoms with Gasteiger partial charge in [-0.3, -0.25) is 4.79 Å². The fraction of sp³-hybridized carbons (Fsp3) is 0.167. The van der Waals surface area contributed by atoms with Crippen molar-refractivity contribution >= 4 is 21.8 Å². The molecule has 1 aromatic carbocycles. The van der Waals surface area contributed by atoms with Crippen molar-refractivity contribution in [3.8, 4) is 0 Å². The molecule has 0 radical (unpaired) electrons. The molecule has 1 heterocycles. The zero-order valence-corrected chi connectivity index (χ0v) is 11.1. The summed E-state index contributed by atoms with van der Waals surface area (Å²) in [5.74, 6) is -0.539. The van der Waals surface area contributed by atoms with E-state index in [-0.39, 0.29) is 12.1 Å². The van der Waals surface area contributed by atoms with E-state index in [1.165, 1.54) is 12.1 Å². The van der Waals surface area contributed by atoms with Crippen molar-refractivity contribution in [2.24, 2.45) is 0 Å². The van der Waals surface area contributed by atoms with Gasteiger partial charge in [-0.15, -0.1) is 0 Å². The second kappa shape index (κ2) is 5.30. The monoisotopic (exact) mass is 312 g/mol. The van der Waals surface area contributed by atoms with Crippen molar-refractivity contribution in [2.75, 3.05) is 0 Å². The molecule has 0 atom stereocenters. The average molecular weight is 313 g/mol. The van der Waals surface area contributed by atoms with Crippen LogP contribution in [0, 0.1) is 12.7 Å². The molecule has 0 bridgehead atoms. The Hall–Kier alpha value is -1.69. The van der Waals surface area contributed by atoms with Crippen LogP contribution in [0.15, 0.2) is 33.3 Å². The van der Waals surface area contributed by atoms with Crippen LogP contribution in [0.3, 0.4) is 0 Å². The average Bonchev–Trinajstić information content (AvgIpc) is 2.72. The molecule has 0 saturated carbocycles. The molecule has 0 aliphatic rings. The molecule has 1 N–H and O–H groups in total. The highest BCUT2D eigenvalue weighted by molar-refractivity contribution is 9.10. The Labute approximate surface area is 111 Å². The summed E-state index contributed by atoms with van der Waals surface area (Å²) in [6, 6.07) is 5.97. The first kappa shape index (κ1) is 12.8. The zero-order valence-electron chi connectivity index (χ0n) is 9.54. The number of carbonyl (C=O) groups excluding carboxylic acids is 1. The molecule has 0 unspecified atom stereocenters. The summed E-state index contributed by atoms with van der Waals surface area (Å²) in [5, 5.41) is 6.25. The summed E-state index contributed by atoms with van der Waals surface area (Å²) in [5.41, 5.74) is 0.725. The lowest BCUT2D eigenvalue weighted by Gasteiger charge is -2.04. The van der Waals surface area contributed by atoms with E-state index in [9.17, 15) is 9.18 Å². The molecule has 94 valence electrons. The summed E-state index contributed by atoms with van der Waals surface area (Å²) in [7, 11) is 0. The Morgan fingerprint density at radius 1 is 1.50 bits per heavy atom. The van der Waals surface area contributed by atoms with Crippen molar-refractivity contribution in [3.63, 3.8) is 0 Å². The van der Waals surface area contributed by atoms with E-state index in [2.05, 4.69) is 26.4 Å². The molecule has 18 heavy (non-hydrogen) atoms. The minimum Gasteiger partial charge on any atom is -0.359 e. The molecular weight excluding hydrogens is 303 g/mol. The Kier molecular flexibility index (Phi) is 3.76. The van der Waals surface area contributed by atoms with Gasteiger partial charge >= 0.3 is 0 Å². The molecule has 4 nitrogen and oxygen atoms in total. The van der Waals surface area contributed by atoms with Gasteiger partial charge in [-0.05, 0) is 25.1 Å². The summed E-state index contributed by atoms with van der Waals surface area (Å²) in [4.78, 5) is 11.7. The first-order valence-corrected chi connectivity index (χ1v) is 6.01. The van der Waals surface area contributed by atoms with Crippen molar-refractivity contribution in [2.45, 2.75) is 13.5 Å². The van der Waals surface area contributed by atoms with Crippen molar-refractivity contribution in [1.29, 1.82) is 0 Å². The van der Waals surface area contributed by atoms with Crippen LogP contribution in [0.2, 0.25) is 0 Å². The molecule has 1 amide bonds. The Morgan fingerprint density at radius 2 is 2.28 bits per heavy atom. The lowest BCUT2D eigenvalue weighted by Crippen LogP contribution is -2.23. The molecule has 0 fully saturated rings.